The van der Waals surface area contributed by atoms with Gasteiger partial charge >= 0.3 is 0 Å². The predicted molar refractivity (Wildman–Crippen MR) is 58.0 cm³/mol. The number of nitrogens with zero attached hydrogens (tertiary/aromatic N) is 1. The summed E-state index contributed by atoms with van der Waals surface area (Å²) in [5, 5.41) is 3.46. The molecule has 1 N–H and O–H groups in total. The summed E-state index contributed by atoms with van der Waals surface area (Å²) in [7, 11) is 2.26. The van der Waals surface area contributed by atoms with Crippen molar-refractivity contribution in [2.75, 3.05) is 26.7 Å². The maximum absolute atomic E-state index is 3.46. The molecule has 0 bridgehead atoms. The van der Waals surface area contributed by atoms with E-state index in [1.165, 1.54) is 51.7 Å². The molecule has 78 valence electrons. The van der Waals surface area contributed by atoms with Crippen LogP contribution in [0.4, 0.5) is 0 Å². The lowest BCUT2D eigenvalue weighted by Gasteiger charge is -2.18. The predicted octanol–water partition coefficient (Wildman–Crippen LogP) is 1.86. The van der Waals surface area contributed by atoms with Gasteiger partial charge in [-0.2, -0.15) is 0 Å². The molecule has 1 saturated heterocycles. The Morgan fingerprint density at radius 2 is 2.23 bits per heavy atom. The molecule has 0 aliphatic carbocycles. The van der Waals surface area contributed by atoms with Crippen molar-refractivity contribution in [1.82, 2.24) is 10.2 Å². The topological polar surface area (TPSA) is 15.3 Å². The van der Waals surface area contributed by atoms with E-state index in [0.717, 1.165) is 6.04 Å². The van der Waals surface area contributed by atoms with E-state index in [1.807, 2.05) is 0 Å². The molecule has 0 amide bonds. The fourth-order valence-corrected chi connectivity index (χ4v) is 2.11. The summed E-state index contributed by atoms with van der Waals surface area (Å²) in [5.74, 6) is 0. The average Bonchev–Trinajstić information content (AvgIpc) is 2.52. The number of likely N-dealkylation sites (tertiary alicyclic amines) is 1. The van der Waals surface area contributed by atoms with E-state index in [4.69, 9.17) is 0 Å². The molecule has 0 spiro atoms. The molecule has 0 aromatic carbocycles. The maximum atomic E-state index is 3.46. The van der Waals surface area contributed by atoms with Gasteiger partial charge in [-0.3, -0.25) is 0 Å². The SMILES string of the molecule is CCCNCCCC1CCCN1C. The van der Waals surface area contributed by atoms with Crippen molar-refractivity contribution in [3.63, 3.8) is 0 Å². The first kappa shape index (κ1) is 11.0. The van der Waals surface area contributed by atoms with Gasteiger partial charge in [0, 0.05) is 6.04 Å². The summed E-state index contributed by atoms with van der Waals surface area (Å²) in [5.41, 5.74) is 0. The van der Waals surface area contributed by atoms with Gasteiger partial charge in [-0.25, -0.2) is 0 Å². The minimum absolute atomic E-state index is 0.878. The minimum atomic E-state index is 0.878. The molecule has 2 heteroatoms. The van der Waals surface area contributed by atoms with Gasteiger partial charge in [0.05, 0.1) is 0 Å². The van der Waals surface area contributed by atoms with E-state index in [9.17, 15) is 0 Å². The van der Waals surface area contributed by atoms with Gasteiger partial charge in [-0.15, -0.1) is 0 Å². The van der Waals surface area contributed by atoms with Crippen LogP contribution in [-0.4, -0.2) is 37.6 Å². The Labute approximate surface area is 82.7 Å². The monoisotopic (exact) mass is 184 g/mol. The molecule has 0 aromatic rings. The summed E-state index contributed by atoms with van der Waals surface area (Å²) in [6.07, 6.45) is 6.80. The summed E-state index contributed by atoms with van der Waals surface area (Å²) in [4.78, 5) is 2.51. The van der Waals surface area contributed by atoms with Gasteiger partial charge in [0.25, 0.3) is 0 Å². The highest BCUT2D eigenvalue weighted by atomic mass is 15.1. The lowest BCUT2D eigenvalue weighted by Crippen LogP contribution is -2.26. The van der Waals surface area contributed by atoms with Crippen LogP contribution in [0, 0.1) is 0 Å². The third-order valence-corrected chi connectivity index (χ3v) is 2.99. The van der Waals surface area contributed by atoms with Crippen LogP contribution in [0.1, 0.15) is 39.0 Å². The molecule has 1 rings (SSSR count). The van der Waals surface area contributed by atoms with Crippen molar-refractivity contribution >= 4 is 0 Å². The molecule has 0 radical (unpaired) electrons. The van der Waals surface area contributed by atoms with Gasteiger partial charge < -0.3 is 10.2 Å². The number of rotatable bonds is 6. The summed E-state index contributed by atoms with van der Waals surface area (Å²) < 4.78 is 0. The number of nitrogens with one attached hydrogen (secondary N) is 1. The van der Waals surface area contributed by atoms with E-state index in [1.54, 1.807) is 0 Å². The normalized spacial score (nSPS) is 24.0. The van der Waals surface area contributed by atoms with E-state index < -0.39 is 0 Å². The Morgan fingerprint density at radius 1 is 1.38 bits per heavy atom. The Kier molecular flexibility index (Phi) is 5.40. The van der Waals surface area contributed by atoms with Gasteiger partial charge in [0.15, 0.2) is 0 Å². The number of hydrogen-bond acceptors (Lipinski definition) is 2. The second-order valence-corrected chi connectivity index (χ2v) is 4.17. The fourth-order valence-electron chi connectivity index (χ4n) is 2.11. The molecule has 2 nitrogen and oxygen atoms in total. The first-order chi connectivity index (χ1) is 6.34. The van der Waals surface area contributed by atoms with Crippen LogP contribution >= 0.6 is 0 Å². The Balaban J connectivity index is 1.93. The van der Waals surface area contributed by atoms with Crippen molar-refractivity contribution in [2.24, 2.45) is 0 Å². The van der Waals surface area contributed by atoms with Crippen molar-refractivity contribution in [3.8, 4) is 0 Å². The minimum Gasteiger partial charge on any atom is -0.317 e. The maximum Gasteiger partial charge on any atom is 0.00931 e. The highest BCUT2D eigenvalue weighted by Gasteiger charge is 2.19. The second kappa shape index (κ2) is 6.39. The van der Waals surface area contributed by atoms with Crippen LogP contribution in [0.15, 0.2) is 0 Å². The van der Waals surface area contributed by atoms with E-state index in [-0.39, 0.29) is 0 Å². The molecule has 1 unspecified atom stereocenters. The second-order valence-electron chi connectivity index (χ2n) is 4.17. The quantitative estimate of drug-likeness (QED) is 0.634. The molecule has 1 aliphatic heterocycles. The molecular formula is C11H24N2. The summed E-state index contributed by atoms with van der Waals surface area (Å²) in [6, 6.07) is 0.878. The zero-order chi connectivity index (χ0) is 9.52. The van der Waals surface area contributed by atoms with Crippen LogP contribution in [0.5, 0.6) is 0 Å². The summed E-state index contributed by atoms with van der Waals surface area (Å²) in [6.45, 7) is 5.92. The van der Waals surface area contributed by atoms with Crippen LogP contribution in [0.2, 0.25) is 0 Å². The van der Waals surface area contributed by atoms with Gasteiger partial charge in [-0.05, 0) is 58.8 Å². The molecule has 0 saturated carbocycles. The highest BCUT2D eigenvalue weighted by Crippen LogP contribution is 2.18. The zero-order valence-corrected chi connectivity index (χ0v) is 9.18. The largest absolute Gasteiger partial charge is 0.317 e. The van der Waals surface area contributed by atoms with Crippen LogP contribution in [0.25, 0.3) is 0 Å². The number of hydrogen-bond donors (Lipinski definition) is 1. The van der Waals surface area contributed by atoms with Crippen LogP contribution < -0.4 is 5.32 Å². The third-order valence-electron chi connectivity index (χ3n) is 2.99. The fraction of sp³-hybridized carbons (Fsp3) is 1.00. The lowest BCUT2D eigenvalue weighted by molar-refractivity contribution is 0.291. The van der Waals surface area contributed by atoms with E-state index in [0.29, 0.717) is 0 Å². The average molecular weight is 184 g/mol. The standard InChI is InChI=1S/C11H24N2/c1-3-8-12-9-4-6-11-7-5-10-13(11)2/h11-12H,3-10H2,1-2H3. The third kappa shape index (κ3) is 4.10. The van der Waals surface area contributed by atoms with E-state index >= 15 is 0 Å². The lowest BCUT2D eigenvalue weighted by atomic mass is 10.1. The first-order valence-corrected chi connectivity index (χ1v) is 5.75. The molecule has 1 aliphatic rings. The first-order valence-electron chi connectivity index (χ1n) is 5.75. The highest BCUT2D eigenvalue weighted by molar-refractivity contribution is 4.76. The molecule has 13 heavy (non-hydrogen) atoms. The van der Waals surface area contributed by atoms with Crippen LogP contribution in [-0.2, 0) is 0 Å². The smallest absolute Gasteiger partial charge is 0.00931 e. The van der Waals surface area contributed by atoms with Crippen molar-refractivity contribution in [2.45, 2.75) is 45.1 Å². The Hall–Kier alpha value is -0.0800. The van der Waals surface area contributed by atoms with Crippen molar-refractivity contribution in [3.05, 3.63) is 0 Å². The van der Waals surface area contributed by atoms with Crippen LogP contribution in [0.3, 0.4) is 0 Å². The molecule has 1 fully saturated rings. The molecule has 1 atom stereocenters. The summed E-state index contributed by atoms with van der Waals surface area (Å²) >= 11 is 0. The van der Waals surface area contributed by atoms with Crippen molar-refractivity contribution in [1.29, 1.82) is 0 Å². The Bertz CT molecular complexity index is 125. The van der Waals surface area contributed by atoms with Crippen molar-refractivity contribution < 1.29 is 0 Å². The molecule has 1 heterocycles. The van der Waals surface area contributed by atoms with Gasteiger partial charge in [-0.1, -0.05) is 6.92 Å². The molecular weight excluding hydrogens is 160 g/mol. The molecule has 0 aromatic heterocycles. The van der Waals surface area contributed by atoms with Gasteiger partial charge in [0.1, 0.15) is 0 Å². The zero-order valence-electron chi connectivity index (χ0n) is 9.18. The Morgan fingerprint density at radius 3 is 2.85 bits per heavy atom. The van der Waals surface area contributed by atoms with E-state index in [2.05, 4.69) is 24.2 Å². The van der Waals surface area contributed by atoms with Gasteiger partial charge in [0.2, 0.25) is 0 Å².